The molecule has 23 heavy (non-hydrogen) atoms. The van der Waals surface area contributed by atoms with Crippen molar-refractivity contribution < 1.29 is 18.3 Å². The normalized spacial score (nSPS) is 12.2. The lowest BCUT2D eigenvalue weighted by molar-refractivity contribution is -0.117. The first-order valence-electron chi connectivity index (χ1n) is 7.07. The number of carbonyl (C=O) groups is 1. The summed E-state index contributed by atoms with van der Waals surface area (Å²) in [6.45, 7) is 1.63. The monoisotopic (exact) mass is 317 g/mol. The maximum Gasteiger partial charge on any atom is 0.244 e. The fourth-order valence-electron chi connectivity index (χ4n) is 2.08. The number of nitrogens with one attached hydrogen (secondary N) is 1. The third-order valence-corrected chi connectivity index (χ3v) is 3.33. The van der Waals surface area contributed by atoms with Gasteiger partial charge in [0.05, 0.1) is 13.2 Å². The van der Waals surface area contributed by atoms with Gasteiger partial charge in [0.2, 0.25) is 5.91 Å². The second kappa shape index (κ2) is 7.54. The van der Waals surface area contributed by atoms with Crippen LogP contribution in [0.5, 0.6) is 5.75 Å². The Hall–Kier alpha value is -2.69. The van der Waals surface area contributed by atoms with Gasteiger partial charge in [0.1, 0.15) is 17.4 Å². The number of ether oxygens (including phenoxy) is 1. The second-order valence-electron chi connectivity index (χ2n) is 5.00. The van der Waals surface area contributed by atoms with E-state index in [9.17, 15) is 13.6 Å². The summed E-state index contributed by atoms with van der Waals surface area (Å²) in [6, 6.07) is 9.91. The van der Waals surface area contributed by atoms with Gasteiger partial charge in [-0.3, -0.25) is 4.79 Å². The lowest BCUT2D eigenvalue weighted by Crippen LogP contribution is -2.25. The summed E-state index contributed by atoms with van der Waals surface area (Å²) in [5, 5.41) is 2.64. The molecule has 0 fully saturated rings. The van der Waals surface area contributed by atoms with E-state index in [1.165, 1.54) is 12.1 Å². The average molecular weight is 317 g/mol. The van der Waals surface area contributed by atoms with E-state index in [0.717, 1.165) is 23.4 Å². The zero-order valence-electron chi connectivity index (χ0n) is 12.8. The first kappa shape index (κ1) is 16.7. The third kappa shape index (κ3) is 4.64. The van der Waals surface area contributed by atoms with Gasteiger partial charge in [0.25, 0.3) is 0 Å². The minimum Gasteiger partial charge on any atom is -0.497 e. The van der Waals surface area contributed by atoms with Gasteiger partial charge in [-0.25, -0.2) is 8.78 Å². The van der Waals surface area contributed by atoms with Crippen LogP contribution in [0, 0.1) is 11.6 Å². The van der Waals surface area contributed by atoms with Crippen molar-refractivity contribution >= 4 is 12.0 Å². The average Bonchev–Trinajstić information content (AvgIpc) is 2.53. The van der Waals surface area contributed by atoms with E-state index in [-0.39, 0.29) is 11.5 Å². The first-order valence-corrected chi connectivity index (χ1v) is 7.07. The number of hydrogen-bond acceptors (Lipinski definition) is 2. The van der Waals surface area contributed by atoms with E-state index in [0.29, 0.717) is 0 Å². The molecule has 0 bridgehead atoms. The van der Waals surface area contributed by atoms with Crippen molar-refractivity contribution in [1.82, 2.24) is 5.32 Å². The fraction of sp³-hybridized carbons (Fsp3) is 0.167. The molecular weight excluding hydrogens is 300 g/mol. The molecule has 0 aliphatic rings. The summed E-state index contributed by atoms with van der Waals surface area (Å²) in [7, 11) is 1.58. The second-order valence-corrected chi connectivity index (χ2v) is 5.00. The Balaban J connectivity index is 1.99. The smallest absolute Gasteiger partial charge is 0.244 e. The van der Waals surface area contributed by atoms with Crippen molar-refractivity contribution in [3.8, 4) is 5.75 Å². The first-order chi connectivity index (χ1) is 11.0. The molecule has 0 saturated carbocycles. The van der Waals surface area contributed by atoms with E-state index in [1.54, 1.807) is 32.2 Å². The van der Waals surface area contributed by atoms with Gasteiger partial charge in [-0.1, -0.05) is 18.2 Å². The van der Waals surface area contributed by atoms with E-state index in [4.69, 9.17) is 4.74 Å². The number of amides is 1. The third-order valence-electron chi connectivity index (χ3n) is 3.33. The quantitative estimate of drug-likeness (QED) is 0.850. The number of halogens is 2. The highest BCUT2D eigenvalue weighted by Gasteiger charge is 2.12. The van der Waals surface area contributed by atoms with Crippen molar-refractivity contribution in [2.45, 2.75) is 13.0 Å². The van der Waals surface area contributed by atoms with Gasteiger partial charge in [0, 0.05) is 17.7 Å². The zero-order chi connectivity index (χ0) is 16.8. The summed E-state index contributed by atoms with van der Waals surface area (Å²) in [6.07, 6.45) is 3.00. The number of carbonyl (C=O) groups excluding carboxylic acids is 1. The summed E-state index contributed by atoms with van der Waals surface area (Å²) < 4.78 is 31.6. The molecule has 5 heteroatoms. The molecule has 2 aromatic rings. The van der Waals surface area contributed by atoms with Crippen LogP contribution in [0.3, 0.4) is 0 Å². The molecule has 3 nitrogen and oxygen atoms in total. The number of benzene rings is 2. The maximum atomic E-state index is 13.7. The predicted molar refractivity (Wildman–Crippen MR) is 84.9 cm³/mol. The van der Waals surface area contributed by atoms with Crippen LogP contribution in [-0.4, -0.2) is 13.0 Å². The van der Waals surface area contributed by atoms with Gasteiger partial charge in [-0.2, -0.15) is 0 Å². The van der Waals surface area contributed by atoms with Gasteiger partial charge in [0.15, 0.2) is 0 Å². The molecular formula is C18H17F2NO2. The van der Waals surface area contributed by atoms with Gasteiger partial charge < -0.3 is 10.1 Å². The Morgan fingerprint density at radius 1 is 1.17 bits per heavy atom. The molecule has 0 aromatic heterocycles. The van der Waals surface area contributed by atoms with Crippen molar-refractivity contribution in [3.63, 3.8) is 0 Å². The summed E-state index contributed by atoms with van der Waals surface area (Å²) >= 11 is 0. The Kier molecular flexibility index (Phi) is 5.46. The van der Waals surface area contributed by atoms with Crippen LogP contribution in [0.1, 0.15) is 24.1 Å². The van der Waals surface area contributed by atoms with Gasteiger partial charge >= 0.3 is 0 Å². The Bertz CT molecular complexity index is 711. The maximum absolute atomic E-state index is 13.7. The van der Waals surface area contributed by atoms with E-state index >= 15 is 0 Å². The number of hydrogen-bond donors (Lipinski definition) is 1. The minimum atomic E-state index is -0.683. The SMILES string of the molecule is COc1ccc(/C=C/C(=O)N[C@H](C)c2ccc(F)cc2F)cc1. The summed E-state index contributed by atoms with van der Waals surface area (Å²) in [4.78, 5) is 11.9. The molecule has 0 aliphatic carbocycles. The van der Waals surface area contributed by atoms with Crippen molar-refractivity contribution in [2.24, 2.45) is 0 Å². The topological polar surface area (TPSA) is 38.3 Å². The highest BCUT2D eigenvalue weighted by atomic mass is 19.1. The van der Waals surface area contributed by atoms with Crippen LogP contribution in [0.4, 0.5) is 8.78 Å². The number of methoxy groups -OCH3 is 1. The van der Waals surface area contributed by atoms with Crippen molar-refractivity contribution in [2.75, 3.05) is 7.11 Å². The van der Waals surface area contributed by atoms with Crippen LogP contribution in [0.25, 0.3) is 6.08 Å². The minimum absolute atomic E-state index is 0.234. The van der Waals surface area contributed by atoms with Crippen LogP contribution in [-0.2, 0) is 4.79 Å². The van der Waals surface area contributed by atoms with Crippen LogP contribution >= 0.6 is 0 Å². The lowest BCUT2D eigenvalue weighted by Gasteiger charge is -2.13. The lowest BCUT2D eigenvalue weighted by atomic mass is 10.1. The molecule has 1 N–H and O–H groups in total. The molecule has 1 amide bonds. The summed E-state index contributed by atoms with van der Waals surface area (Å²) in [5.41, 5.74) is 1.07. The molecule has 0 saturated heterocycles. The standard InChI is InChI=1S/C18H17F2NO2/c1-12(16-9-6-14(19)11-17(16)20)21-18(22)10-5-13-3-7-15(23-2)8-4-13/h3-12H,1-2H3,(H,21,22)/b10-5+/t12-/m1/s1. The van der Waals surface area contributed by atoms with Gasteiger partial charge in [-0.05, 0) is 36.8 Å². The summed E-state index contributed by atoms with van der Waals surface area (Å²) in [5.74, 6) is -0.967. The molecule has 0 heterocycles. The van der Waals surface area contributed by atoms with Crippen LogP contribution in [0.2, 0.25) is 0 Å². The zero-order valence-corrected chi connectivity index (χ0v) is 12.8. The van der Waals surface area contributed by atoms with Crippen molar-refractivity contribution in [3.05, 3.63) is 71.3 Å². The number of rotatable bonds is 5. The molecule has 0 spiro atoms. The van der Waals surface area contributed by atoms with E-state index in [1.807, 2.05) is 12.1 Å². The highest BCUT2D eigenvalue weighted by Crippen LogP contribution is 2.18. The molecule has 0 unspecified atom stereocenters. The molecule has 0 radical (unpaired) electrons. The molecule has 2 aromatic carbocycles. The highest BCUT2D eigenvalue weighted by molar-refractivity contribution is 5.91. The largest absolute Gasteiger partial charge is 0.497 e. The molecule has 1 atom stereocenters. The fourth-order valence-corrected chi connectivity index (χ4v) is 2.08. The molecule has 120 valence electrons. The molecule has 0 aliphatic heterocycles. The Morgan fingerprint density at radius 3 is 2.48 bits per heavy atom. The Morgan fingerprint density at radius 2 is 1.87 bits per heavy atom. The van der Waals surface area contributed by atoms with Crippen molar-refractivity contribution in [1.29, 1.82) is 0 Å². The predicted octanol–water partition coefficient (Wildman–Crippen LogP) is 3.86. The van der Waals surface area contributed by atoms with Crippen LogP contribution in [0.15, 0.2) is 48.5 Å². The molecule has 2 rings (SSSR count). The van der Waals surface area contributed by atoms with Gasteiger partial charge in [-0.15, -0.1) is 0 Å². The van der Waals surface area contributed by atoms with Crippen LogP contribution < -0.4 is 10.1 Å². The van der Waals surface area contributed by atoms with E-state index < -0.39 is 17.7 Å². The Labute approximate surface area is 133 Å². The van der Waals surface area contributed by atoms with E-state index in [2.05, 4.69) is 5.32 Å².